The Hall–Kier alpha value is -1.10. The van der Waals surface area contributed by atoms with Crippen LogP contribution in [0.15, 0.2) is 0 Å². The maximum Gasteiger partial charge on any atom is 0.225 e. The fourth-order valence-corrected chi connectivity index (χ4v) is 1.16. The molecule has 0 aliphatic heterocycles. The van der Waals surface area contributed by atoms with Crippen LogP contribution in [0.2, 0.25) is 0 Å². The molecule has 1 heterocycles. The smallest absolute Gasteiger partial charge is 0.225 e. The lowest BCUT2D eigenvalue weighted by Crippen LogP contribution is -2.18. The van der Waals surface area contributed by atoms with Crippen molar-refractivity contribution in [3.8, 4) is 0 Å². The minimum Gasteiger partial charge on any atom is -0.357 e. The molecule has 1 aromatic rings. The summed E-state index contributed by atoms with van der Waals surface area (Å²) < 4.78 is 1.89. The SMILES string of the molecule is CCc1nnc(NC)n1C(C)N. The number of aryl methyl sites for hydroxylation is 1. The molecule has 0 aliphatic rings. The molecular weight excluding hydrogens is 154 g/mol. The molecule has 0 fully saturated rings. The van der Waals surface area contributed by atoms with Crippen molar-refractivity contribution in [2.45, 2.75) is 26.4 Å². The van der Waals surface area contributed by atoms with E-state index in [1.807, 2.05) is 25.5 Å². The van der Waals surface area contributed by atoms with Crippen LogP contribution in [0.4, 0.5) is 5.95 Å². The first kappa shape index (κ1) is 8.99. The number of anilines is 1. The van der Waals surface area contributed by atoms with Gasteiger partial charge in [-0.3, -0.25) is 4.57 Å². The first-order valence-electron chi connectivity index (χ1n) is 4.07. The summed E-state index contributed by atoms with van der Waals surface area (Å²) in [4.78, 5) is 0. The highest BCUT2D eigenvalue weighted by Gasteiger charge is 2.11. The summed E-state index contributed by atoms with van der Waals surface area (Å²) in [6.45, 7) is 3.94. The van der Waals surface area contributed by atoms with E-state index in [0.29, 0.717) is 0 Å². The third kappa shape index (κ3) is 1.40. The van der Waals surface area contributed by atoms with E-state index in [0.717, 1.165) is 18.2 Å². The zero-order valence-corrected chi connectivity index (χ0v) is 7.70. The Morgan fingerprint density at radius 3 is 2.67 bits per heavy atom. The molecule has 0 aliphatic carbocycles. The topological polar surface area (TPSA) is 68.8 Å². The second kappa shape index (κ2) is 3.53. The average molecular weight is 169 g/mol. The molecule has 5 heteroatoms. The van der Waals surface area contributed by atoms with Gasteiger partial charge in [-0.15, -0.1) is 10.2 Å². The van der Waals surface area contributed by atoms with Gasteiger partial charge < -0.3 is 11.1 Å². The van der Waals surface area contributed by atoms with Gasteiger partial charge in [-0.25, -0.2) is 0 Å². The Kier molecular flexibility index (Phi) is 2.65. The molecule has 0 spiro atoms. The molecule has 3 N–H and O–H groups in total. The zero-order chi connectivity index (χ0) is 9.14. The van der Waals surface area contributed by atoms with Crippen molar-refractivity contribution in [1.29, 1.82) is 0 Å². The number of hydrogen-bond donors (Lipinski definition) is 2. The van der Waals surface area contributed by atoms with Crippen molar-refractivity contribution in [1.82, 2.24) is 14.8 Å². The molecule has 1 rings (SSSR count). The van der Waals surface area contributed by atoms with Crippen molar-refractivity contribution >= 4 is 5.95 Å². The number of nitrogens with two attached hydrogens (primary N) is 1. The molecule has 1 atom stereocenters. The predicted molar refractivity (Wildman–Crippen MR) is 47.8 cm³/mol. The second-order valence-corrected chi connectivity index (χ2v) is 2.65. The Bertz CT molecular complexity index is 231. The molecule has 12 heavy (non-hydrogen) atoms. The Morgan fingerprint density at radius 2 is 2.25 bits per heavy atom. The molecule has 68 valence electrons. The van der Waals surface area contributed by atoms with Gasteiger partial charge in [0.25, 0.3) is 0 Å². The molecule has 0 saturated heterocycles. The molecule has 0 amide bonds. The highest BCUT2D eigenvalue weighted by molar-refractivity contribution is 5.25. The van der Waals surface area contributed by atoms with Gasteiger partial charge in [0.2, 0.25) is 5.95 Å². The number of nitrogens with one attached hydrogen (secondary N) is 1. The zero-order valence-electron chi connectivity index (χ0n) is 7.70. The molecule has 5 nitrogen and oxygen atoms in total. The number of hydrogen-bond acceptors (Lipinski definition) is 4. The summed E-state index contributed by atoms with van der Waals surface area (Å²) in [5.74, 6) is 1.64. The maximum atomic E-state index is 5.75. The third-order valence-corrected chi connectivity index (χ3v) is 1.71. The van der Waals surface area contributed by atoms with E-state index in [2.05, 4.69) is 15.5 Å². The Labute approximate surface area is 72.0 Å². The summed E-state index contributed by atoms with van der Waals surface area (Å²) >= 11 is 0. The van der Waals surface area contributed by atoms with Gasteiger partial charge in [-0.1, -0.05) is 6.92 Å². The molecule has 0 aromatic carbocycles. The van der Waals surface area contributed by atoms with Gasteiger partial charge >= 0.3 is 0 Å². The van der Waals surface area contributed by atoms with Crippen molar-refractivity contribution < 1.29 is 0 Å². The van der Waals surface area contributed by atoms with E-state index in [1.165, 1.54) is 0 Å². The van der Waals surface area contributed by atoms with Crippen molar-refractivity contribution in [2.24, 2.45) is 5.73 Å². The summed E-state index contributed by atoms with van der Waals surface area (Å²) in [6, 6.07) is 0. The van der Waals surface area contributed by atoms with Crippen LogP contribution in [0.1, 0.15) is 25.8 Å². The maximum absolute atomic E-state index is 5.75. The molecule has 1 unspecified atom stereocenters. The second-order valence-electron chi connectivity index (χ2n) is 2.65. The van der Waals surface area contributed by atoms with Crippen LogP contribution >= 0.6 is 0 Å². The van der Waals surface area contributed by atoms with Gasteiger partial charge in [0.05, 0.1) is 6.17 Å². The van der Waals surface area contributed by atoms with Crippen LogP contribution in [-0.4, -0.2) is 21.8 Å². The summed E-state index contributed by atoms with van der Waals surface area (Å²) in [5.41, 5.74) is 5.75. The van der Waals surface area contributed by atoms with Crippen LogP contribution in [0.5, 0.6) is 0 Å². The first-order valence-corrected chi connectivity index (χ1v) is 4.07. The highest BCUT2D eigenvalue weighted by atomic mass is 15.4. The van der Waals surface area contributed by atoms with Gasteiger partial charge in [0, 0.05) is 13.5 Å². The van der Waals surface area contributed by atoms with E-state index in [-0.39, 0.29) is 6.17 Å². The van der Waals surface area contributed by atoms with E-state index in [4.69, 9.17) is 5.73 Å². The van der Waals surface area contributed by atoms with Crippen LogP contribution in [0.3, 0.4) is 0 Å². The number of nitrogens with zero attached hydrogens (tertiary/aromatic N) is 3. The predicted octanol–water partition coefficient (Wildman–Crippen LogP) is 0.359. The first-order chi connectivity index (χ1) is 5.70. The van der Waals surface area contributed by atoms with Crippen molar-refractivity contribution in [3.05, 3.63) is 5.82 Å². The average Bonchev–Trinajstić information content (AvgIpc) is 2.46. The highest BCUT2D eigenvalue weighted by Crippen LogP contribution is 2.11. The minimum atomic E-state index is -0.0857. The summed E-state index contributed by atoms with van der Waals surface area (Å²) in [6.07, 6.45) is 0.758. The quantitative estimate of drug-likeness (QED) is 0.685. The lowest BCUT2D eigenvalue weighted by atomic mass is 10.4. The lowest BCUT2D eigenvalue weighted by Gasteiger charge is -2.12. The summed E-state index contributed by atoms with van der Waals surface area (Å²) in [7, 11) is 1.81. The van der Waals surface area contributed by atoms with Crippen molar-refractivity contribution in [2.75, 3.05) is 12.4 Å². The van der Waals surface area contributed by atoms with Gasteiger partial charge in [0.15, 0.2) is 0 Å². The lowest BCUT2D eigenvalue weighted by molar-refractivity contribution is 0.552. The fraction of sp³-hybridized carbons (Fsp3) is 0.714. The van der Waals surface area contributed by atoms with Gasteiger partial charge in [0.1, 0.15) is 5.82 Å². The standard InChI is InChI=1S/C7H15N5/c1-4-6-10-11-7(9-3)12(6)5(2)8/h5H,4,8H2,1-3H3,(H,9,11). The van der Waals surface area contributed by atoms with E-state index in [1.54, 1.807) is 0 Å². The number of rotatable bonds is 3. The van der Waals surface area contributed by atoms with Crippen LogP contribution < -0.4 is 11.1 Å². The molecule has 0 radical (unpaired) electrons. The van der Waals surface area contributed by atoms with Gasteiger partial charge in [-0.2, -0.15) is 0 Å². The van der Waals surface area contributed by atoms with E-state index < -0.39 is 0 Å². The third-order valence-electron chi connectivity index (χ3n) is 1.71. The van der Waals surface area contributed by atoms with Crippen molar-refractivity contribution in [3.63, 3.8) is 0 Å². The van der Waals surface area contributed by atoms with Gasteiger partial charge in [-0.05, 0) is 6.92 Å². The molecule has 1 aromatic heterocycles. The van der Waals surface area contributed by atoms with Crippen LogP contribution in [0, 0.1) is 0 Å². The van der Waals surface area contributed by atoms with E-state index in [9.17, 15) is 0 Å². The van der Waals surface area contributed by atoms with Crippen LogP contribution in [-0.2, 0) is 6.42 Å². The van der Waals surface area contributed by atoms with E-state index >= 15 is 0 Å². The Morgan fingerprint density at radius 1 is 1.58 bits per heavy atom. The number of aromatic nitrogens is 3. The summed E-state index contributed by atoms with van der Waals surface area (Å²) in [5, 5.41) is 10.9. The van der Waals surface area contributed by atoms with Crippen LogP contribution in [0.25, 0.3) is 0 Å². The normalized spacial score (nSPS) is 13.0. The fourth-order valence-electron chi connectivity index (χ4n) is 1.16. The Balaban J connectivity index is 3.07. The molecule has 0 saturated carbocycles. The monoisotopic (exact) mass is 169 g/mol. The molecular formula is C7H15N5. The minimum absolute atomic E-state index is 0.0857. The largest absolute Gasteiger partial charge is 0.357 e. The molecule has 0 bridgehead atoms.